The number of nitrogens with one attached hydrogen (secondary N) is 1. The number of fused-ring (bicyclic) bond motifs is 1. The molecule has 1 N–H and O–H groups in total. The Bertz CT molecular complexity index is 586. The Morgan fingerprint density at radius 2 is 2.11 bits per heavy atom. The molecule has 2 heterocycles. The maximum absolute atomic E-state index is 12.0. The molecule has 0 saturated heterocycles. The molecular weight excluding hydrogens is 266 g/mol. The highest BCUT2D eigenvalue weighted by atomic mass is 32.1. The van der Waals surface area contributed by atoms with Crippen molar-refractivity contribution >= 4 is 22.4 Å². The number of rotatable bonds is 2. The number of hydrogen-bond donors (Lipinski definition) is 1. The van der Waals surface area contributed by atoms with E-state index in [1.54, 1.807) is 23.7 Å². The number of nitrogens with zero attached hydrogens (tertiary/aromatic N) is 2. The molecule has 19 heavy (non-hydrogen) atoms. The van der Waals surface area contributed by atoms with Gasteiger partial charge >= 0.3 is 0 Å². The normalized spacial score (nSPS) is 13.7. The molecular formula is C12H11N3O3S. The van der Waals surface area contributed by atoms with Crippen molar-refractivity contribution in [3.8, 4) is 11.5 Å². The van der Waals surface area contributed by atoms with E-state index in [4.69, 9.17) is 9.47 Å². The van der Waals surface area contributed by atoms with Crippen molar-refractivity contribution in [3.05, 3.63) is 29.3 Å². The van der Waals surface area contributed by atoms with Gasteiger partial charge in [-0.2, -0.15) is 0 Å². The molecule has 0 bridgehead atoms. The van der Waals surface area contributed by atoms with Crippen molar-refractivity contribution < 1.29 is 14.3 Å². The average molecular weight is 277 g/mol. The number of hydrogen-bond acceptors (Lipinski definition) is 6. The third kappa shape index (κ3) is 2.65. The second-order valence-corrected chi connectivity index (χ2v) is 4.74. The molecule has 0 spiro atoms. The van der Waals surface area contributed by atoms with Gasteiger partial charge in [0.05, 0.1) is 13.2 Å². The number of anilines is 1. The lowest BCUT2D eigenvalue weighted by Crippen LogP contribution is -2.12. The molecule has 1 aliphatic rings. The lowest BCUT2D eigenvalue weighted by Gasteiger charge is -2.08. The summed E-state index contributed by atoms with van der Waals surface area (Å²) in [7, 11) is 0. The van der Waals surface area contributed by atoms with E-state index in [0.717, 1.165) is 6.42 Å². The van der Waals surface area contributed by atoms with Crippen LogP contribution < -0.4 is 14.8 Å². The molecule has 0 aliphatic carbocycles. The van der Waals surface area contributed by atoms with Crippen molar-refractivity contribution in [2.45, 2.75) is 6.42 Å². The zero-order valence-corrected chi connectivity index (χ0v) is 10.8. The summed E-state index contributed by atoms with van der Waals surface area (Å²) in [4.78, 5) is 12.0. The fourth-order valence-electron chi connectivity index (χ4n) is 1.70. The molecule has 6 nitrogen and oxygen atoms in total. The second-order valence-electron chi connectivity index (χ2n) is 3.91. The number of amides is 1. The molecule has 1 aromatic heterocycles. The molecule has 98 valence electrons. The van der Waals surface area contributed by atoms with E-state index in [2.05, 4.69) is 15.5 Å². The standard InChI is InChI=1S/C12H11N3O3S/c16-11(14-12-15-13-7-19-12)8-2-3-9-10(6-8)18-5-1-4-17-9/h2-3,6-7H,1,4-5H2,(H,14,15,16). The highest BCUT2D eigenvalue weighted by molar-refractivity contribution is 7.13. The number of carbonyl (C=O) groups is 1. The van der Waals surface area contributed by atoms with Crippen LogP contribution in [0.3, 0.4) is 0 Å². The van der Waals surface area contributed by atoms with Crippen molar-refractivity contribution in [2.75, 3.05) is 18.5 Å². The van der Waals surface area contributed by atoms with Gasteiger partial charge in [0.1, 0.15) is 5.51 Å². The van der Waals surface area contributed by atoms with Crippen molar-refractivity contribution in [3.63, 3.8) is 0 Å². The van der Waals surface area contributed by atoms with Gasteiger partial charge in [0, 0.05) is 12.0 Å². The van der Waals surface area contributed by atoms with Gasteiger partial charge < -0.3 is 9.47 Å². The van der Waals surface area contributed by atoms with E-state index < -0.39 is 0 Å². The van der Waals surface area contributed by atoms with Crippen LogP contribution in [0.15, 0.2) is 23.7 Å². The smallest absolute Gasteiger partial charge is 0.257 e. The fraction of sp³-hybridized carbons (Fsp3) is 0.250. The molecule has 0 unspecified atom stereocenters. The van der Waals surface area contributed by atoms with Crippen LogP contribution in [-0.4, -0.2) is 29.3 Å². The zero-order valence-electron chi connectivity index (χ0n) is 9.96. The van der Waals surface area contributed by atoms with Crippen molar-refractivity contribution in [2.24, 2.45) is 0 Å². The summed E-state index contributed by atoms with van der Waals surface area (Å²) in [6.07, 6.45) is 0.834. The topological polar surface area (TPSA) is 73.3 Å². The summed E-state index contributed by atoms with van der Waals surface area (Å²) in [6, 6.07) is 5.12. The predicted octanol–water partition coefficient (Wildman–Crippen LogP) is 1.95. The van der Waals surface area contributed by atoms with Gasteiger partial charge in [0.15, 0.2) is 11.5 Å². The molecule has 2 aromatic rings. The first-order valence-electron chi connectivity index (χ1n) is 5.80. The van der Waals surface area contributed by atoms with Crippen molar-refractivity contribution in [1.29, 1.82) is 0 Å². The Balaban J connectivity index is 1.81. The molecule has 0 radical (unpaired) electrons. The van der Waals surface area contributed by atoms with Crippen LogP contribution in [0.5, 0.6) is 11.5 Å². The number of ether oxygens (including phenoxy) is 2. The predicted molar refractivity (Wildman–Crippen MR) is 69.9 cm³/mol. The summed E-state index contributed by atoms with van der Waals surface area (Å²) in [5.74, 6) is 1.03. The molecule has 7 heteroatoms. The molecule has 1 aromatic carbocycles. The minimum absolute atomic E-state index is 0.243. The lowest BCUT2D eigenvalue weighted by atomic mass is 10.2. The summed E-state index contributed by atoms with van der Waals surface area (Å²) < 4.78 is 11.1. The Hall–Kier alpha value is -2.15. The maximum atomic E-state index is 12.0. The highest BCUT2D eigenvalue weighted by Crippen LogP contribution is 2.30. The van der Waals surface area contributed by atoms with Crippen LogP contribution in [0, 0.1) is 0 Å². The van der Waals surface area contributed by atoms with Gasteiger partial charge in [-0.1, -0.05) is 11.3 Å². The van der Waals surface area contributed by atoms with E-state index in [0.29, 0.717) is 35.4 Å². The van der Waals surface area contributed by atoms with Gasteiger partial charge in [-0.15, -0.1) is 10.2 Å². The lowest BCUT2D eigenvalue weighted by molar-refractivity contribution is 0.102. The number of aromatic nitrogens is 2. The quantitative estimate of drug-likeness (QED) is 0.908. The summed E-state index contributed by atoms with van der Waals surface area (Å²) in [5, 5.41) is 10.6. The summed E-state index contributed by atoms with van der Waals surface area (Å²) >= 11 is 1.27. The van der Waals surface area contributed by atoms with Crippen molar-refractivity contribution in [1.82, 2.24) is 10.2 Å². The molecule has 1 amide bonds. The second kappa shape index (κ2) is 5.23. The van der Waals surface area contributed by atoms with Crippen LogP contribution in [-0.2, 0) is 0 Å². The van der Waals surface area contributed by atoms with E-state index in [-0.39, 0.29) is 5.91 Å². The molecule has 1 aliphatic heterocycles. The minimum atomic E-state index is -0.243. The summed E-state index contributed by atoms with van der Waals surface area (Å²) in [5.41, 5.74) is 2.06. The van der Waals surface area contributed by atoms with Gasteiger partial charge in [-0.25, -0.2) is 0 Å². The third-order valence-electron chi connectivity index (χ3n) is 2.59. The largest absolute Gasteiger partial charge is 0.490 e. The van der Waals surface area contributed by atoms with Gasteiger partial charge in [-0.3, -0.25) is 10.1 Å². The summed E-state index contributed by atoms with van der Waals surface area (Å²) in [6.45, 7) is 1.22. The number of carbonyl (C=O) groups excluding carboxylic acids is 1. The zero-order chi connectivity index (χ0) is 13.1. The number of benzene rings is 1. The highest BCUT2D eigenvalue weighted by Gasteiger charge is 2.14. The van der Waals surface area contributed by atoms with E-state index in [9.17, 15) is 4.79 Å². The van der Waals surface area contributed by atoms with E-state index in [1.165, 1.54) is 11.3 Å². The molecule has 0 saturated carbocycles. The van der Waals surface area contributed by atoms with Crippen LogP contribution in [0.25, 0.3) is 0 Å². The Labute approximate surface area is 113 Å². The minimum Gasteiger partial charge on any atom is -0.490 e. The molecule has 0 fully saturated rings. The van der Waals surface area contributed by atoms with Gasteiger partial charge in [0.2, 0.25) is 5.13 Å². The fourth-order valence-corrected chi connectivity index (χ4v) is 2.14. The first kappa shape index (κ1) is 11.9. The first-order valence-corrected chi connectivity index (χ1v) is 6.68. The van der Waals surface area contributed by atoms with Crippen LogP contribution in [0.4, 0.5) is 5.13 Å². The van der Waals surface area contributed by atoms with Gasteiger partial charge in [0.25, 0.3) is 5.91 Å². The van der Waals surface area contributed by atoms with Gasteiger partial charge in [-0.05, 0) is 18.2 Å². The SMILES string of the molecule is O=C(Nc1nncs1)c1ccc2c(c1)OCCCO2. The van der Waals surface area contributed by atoms with E-state index in [1.807, 2.05) is 0 Å². The maximum Gasteiger partial charge on any atom is 0.257 e. The van der Waals surface area contributed by atoms with Crippen LogP contribution in [0.1, 0.15) is 16.8 Å². The first-order chi connectivity index (χ1) is 9.33. The van der Waals surface area contributed by atoms with E-state index >= 15 is 0 Å². The van der Waals surface area contributed by atoms with Crippen LogP contribution >= 0.6 is 11.3 Å². The average Bonchev–Trinajstić information content (AvgIpc) is 2.81. The molecule has 0 atom stereocenters. The molecule has 3 rings (SSSR count). The third-order valence-corrected chi connectivity index (χ3v) is 3.20. The monoisotopic (exact) mass is 277 g/mol. The Kier molecular flexibility index (Phi) is 3.28. The Morgan fingerprint density at radius 3 is 2.89 bits per heavy atom. The van der Waals surface area contributed by atoms with Crippen LogP contribution in [0.2, 0.25) is 0 Å². The Morgan fingerprint density at radius 1 is 1.26 bits per heavy atom.